The average Bonchev–Trinajstić information content (AvgIpc) is 2.81. The van der Waals surface area contributed by atoms with Gasteiger partial charge in [-0.2, -0.15) is 0 Å². The second kappa shape index (κ2) is 5.63. The maximum atomic E-state index is 6.07. The van der Waals surface area contributed by atoms with Gasteiger partial charge < -0.3 is 10.2 Å². The molecule has 0 aliphatic carbocycles. The lowest BCUT2D eigenvalue weighted by molar-refractivity contribution is 0.905. The van der Waals surface area contributed by atoms with Crippen molar-refractivity contribution >= 4 is 34.3 Å². The largest absolute Gasteiger partial charge is 0.376 e. The van der Waals surface area contributed by atoms with Crippen LogP contribution in [0.3, 0.4) is 0 Å². The third-order valence-electron chi connectivity index (χ3n) is 2.78. The number of hydrogen-bond acceptors (Lipinski definition) is 3. The Bertz CT molecular complexity index is 509. The van der Waals surface area contributed by atoms with Crippen molar-refractivity contribution in [1.29, 1.82) is 0 Å². The zero-order valence-electron chi connectivity index (χ0n) is 10.8. The summed E-state index contributed by atoms with van der Waals surface area (Å²) >= 11 is 7.83. The molecule has 4 heteroatoms. The molecule has 0 aliphatic heterocycles. The minimum atomic E-state index is 0.280. The van der Waals surface area contributed by atoms with Crippen LogP contribution in [0.5, 0.6) is 0 Å². The maximum absolute atomic E-state index is 6.07. The molecule has 2 rings (SSSR count). The van der Waals surface area contributed by atoms with Crippen LogP contribution in [0, 0.1) is 0 Å². The molecule has 0 aliphatic rings. The maximum Gasteiger partial charge on any atom is 0.0598 e. The van der Waals surface area contributed by atoms with E-state index in [9.17, 15) is 0 Å². The smallest absolute Gasteiger partial charge is 0.0598 e. The van der Waals surface area contributed by atoms with Crippen LogP contribution >= 0.6 is 22.9 Å². The Labute approximate surface area is 117 Å². The molecule has 1 N–H and O–H groups in total. The molecule has 1 heterocycles. The van der Waals surface area contributed by atoms with Gasteiger partial charge in [-0.25, -0.2) is 0 Å². The quantitative estimate of drug-likeness (QED) is 0.878. The summed E-state index contributed by atoms with van der Waals surface area (Å²) in [6.07, 6.45) is 0. The van der Waals surface area contributed by atoms with Gasteiger partial charge in [0.25, 0.3) is 0 Å². The number of thiophene rings is 1. The van der Waals surface area contributed by atoms with Gasteiger partial charge in [0.1, 0.15) is 0 Å². The number of anilines is 2. The van der Waals surface area contributed by atoms with Crippen molar-refractivity contribution in [3.63, 3.8) is 0 Å². The van der Waals surface area contributed by atoms with Gasteiger partial charge in [-0.05, 0) is 36.6 Å². The second-order valence-electron chi connectivity index (χ2n) is 4.44. The average molecular weight is 281 g/mol. The fourth-order valence-electron chi connectivity index (χ4n) is 1.86. The Kier molecular flexibility index (Phi) is 4.15. The van der Waals surface area contributed by atoms with Gasteiger partial charge in [0.15, 0.2) is 0 Å². The fraction of sp³-hybridized carbons (Fsp3) is 0.286. The van der Waals surface area contributed by atoms with Crippen LogP contribution in [0.25, 0.3) is 0 Å². The molecule has 0 saturated carbocycles. The van der Waals surface area contributed by atoms with Crippen LogP contribution in [0.2, 0.25) is 5.02 Å². The molecule has 1 aromatic heterocycles. The lowest BCUT2D eigenvalue weighted by Gasteiger charge is -2.21. The van der Waals surface area contributed by atoms with E-state index in [-0.39, 0.29) is 6.04 Å². The zero-order chi connectivity index (χ0) is 13.1. The van der Waals surface area contributed by atoms with Gasteiger partial charge in [-0.1, -0.05) is 17.7 Å². The third kappa shape index (κ3) is 2.98. The molecule has 0 radical (unpaired) electrons. The summed E-state index contributed by atoms with van der Waals surface area (Å²) < 4.78 is 0. The minimum absolute atomic E-state index is 0.280. The number of rotatable bonds is 4. The number of nitrogens with zero attached hydrogens (tertiary/aromatic N) is 1. The van der Waals surface area contributed by atoms with E-state index in [1.165, 1.54) is 4.88 Å². The molecule has 0 spiro atoms. The molecule has 18 heavy (non-hydrogen) atoms. The summed E-state index contributed by atoms with van der Waals surface area (Å²) in [5, 5.41) is 6.37. The van der Waals surface area contributed by atoms with Crippen molar-refractivity contribution in [2.75, 3.05) is 24.3 Å². The summed E-state index contributed by atoms with van der Waals surface area (Å²) in [6, 6.07) is 10.4. The molecular formula is C14H17ClN2S. The third-order valence-corrected chi connectivity index (χ3v) is 4.07. The van der Waals surface area contributed by atoms with Crippen LogP contribution in [0.1, 0.15) is 17.8 Å². The summed E-state index contributed by atoms with van der Waals surface area (Å²) in [4.78, 5) is 3.40. The van der Waals surface area contributed by atoms with Gasteiger partial charge in [0.2, 0.25) is 0 Å². The van der Waals surface area contributed by atoms with Crippen molar-refractivity contribution < 1.29 is 0 Å². The number of nitrogens with one attached hydrogen (secondary N) is 1. The van der Waals surface area contributed by atoms with E-state index in [0.29, 0.717) is 0 Å². The molecular weight excluding hydrogens is 264 g/mol. The van der Waals surface area contributed by atoms with Crippen LogP contribution in [0.15, 0.2) is 35.7 Å². The normalized spacial score (nSPS) is 12.2. The summed E-state index contributed by atoms with van der Waals surface area (Å²) in [5.74, 6) is 0. The van der Waals surface area contributed by atoms with Crippen molar-refractivity contribution in [1.82, 2.24) is 0 Å². The van der Waals surface area contributed by atoms with Crippen molar-refractivity contribution in [2.24, 2.45) is 0 Å². The first-order valence-electron chi connectivity index (χ1n) is 5.84. The Morgan fingerprint density at radius 1 is 1.28 bits per heavy atom. The van der Waals surface area contributed by atoms with Crippen molar-refractivity contribution in [3.05, 3.63) is 45.6 Å². The van der Waals surface area contributed by atoms with Gasteiger partial charge in [0.05, 0.1) is 17.4 Å². The van der Waals surface area contributed by atoms with E-state index >= 15 is 0 Å². The van der Waals surface area contributed by atoms with Gasteiger partial charge in [-0.3, -0.25) is 0 Å². The van der Waals surface area contributed by atoms with E-state index < -0.39 is 0 Å². The van der Waals surface area contributed by atoms with Crippen LogP contribution in [-0.2, 0) is 0 Å². The molecule has 1 aromatic carbocycles. The van der Waals surface area contributed by atoms with Gasteiger partial charge in [0, 0.05) is 24.0 Å². The van der Waals surface area contributed by atoms with E-state index in [0.717, 1.165) is 16.4 Å². The molecule has 0 saturated heterocycles. The van der Waals surface area contributed by atoms with Crippen molar-refractivity contribution in [2.45, 2.75) is 13.0 Å². The minimum Gasteiger partial charge on any atom is -0.376 e. The van der Waals surface area contributed by atoms with Crippen LogP contribution in [0.4, 0.5) is 11.4 Å². The van der Waals surface area contributed by atoms with Crippen molar-refractivity contribution in [3.8, 4) is 0 Å². The fourth-order valence-corrected chi connectivity index (χ4v) is 2.76. The first kappa shape index (κ1) is 13.2. The van der Waals surface area contributed by atoms with Crippen LogP contribution in [-0.4, -0.2) is 14.1 Å². The second-order valence-corrected chi connectivity index (χ2v) is 5.85. The lowest BCUT2D eigenvalue weighted by atomic mass is 10.2. The number of benzene rings is 1. The lowest BCUT2D eigenvalue weighted by Crippen LogP contribution is -2.13. The van der Waals surface area contributed by atoms with Gasteiger partial charge >= 0.3 is 0 Å². The highest BCUT2D eigenvalue weighted by atomic mass is 35.5. The Morgan fingerprint density at radius 3 is 2.67 bits per heavy atom. The summed E-state index contributed by atoms with van der Waals surface area (Å²) in [5.41, 5.74) is 2.20. The standard InChI is InChI=1S/C14H17ClN2S/c1-10(14-5-4-8-18-14)16-12-9-11(15)6-7-13(12)17(2)3/h4-10,16H,1-3H3. The van der Waals surface area contributed by atoms with E-state index in [1.54, 1.807) is 11.3 Å². The molecule has 1 unspecified atom stereocenters. The Morgan fingerprint density at radius 2 is 2.06 bits per heavy atom. The number of halogens is 1. The van der Waals surface area contributed by atoms with E-state index in [4.69, 9.17) is 11.6 Å². The predicted octanol–water partition coefficient (Wildman–Crippen LogP) is 4.64. The molecule has 0 bridgehead atoms. The summed E-state index contributed by atoms with van der Waals surface area (Å²) in [7, 11) is 4.06. The SMILES string of the molecule is CC(Nc1cc(Cl)ccc1N(C)C)c1cccs1. The predicted molar refractivity (Wildman–Crippen MR) is 82.1 cm³/mol. The Balaban J connectivity index is 2.25. The molecule has 0 fully saturated rings. The van der Waals surface area contributed by atoms with Crippen LogP contribution < -0.4 is 10.2 Å². The Hall–Kier alpha value is -1.19. The highest BCUT2D eigenvalue weighted by Gasteiger charge is 2.10. The van der Waals surface area contributed by atoms with E-state index in [2.05, 4.69) is 34.7 Å². The first-order chi connectivity index (χ1) is 8.58. The highest BCUT2D eigenvalue weighted by molar-refractivity contribution is 7.10. The molecule has 2 nitrogen and oxygen atoms in total. The molecule has 1 atom stereocenters. The van der Waals surface area contributed by atoms with Gasteiger partial charge in [-0.15, -0.1) is 11.3 Å². The number of hydrogen-bond donors (Lipinski definition) is 1. The molecule has 2 aromatic rings. The highest BCUT2D eigenvalue weighted by Crippen LogP contribution is 2.31. The zero-order valence-corrected chi connectivity index (χ0v) is 12.3. The topological polar surface area (TPSA) is 15.3 Å². The molecule has 0 amide bonds. The molecule has 96 valence electrons. The monoisotopic (exact) mass is 280 g/mol. The first-order valence-corrected chi connectivity index (χ1v) is 7.10. The summed E-state index contributed by atoms with van der Waals surface area (Å²) in [6.45, 7) is 2.16. The van der Waals surface area contributed by atoms with E-state index in [1.807, 2.05) is 32.3 Å².